The largest absolute Gasteiger partial charge is 0.497 e. The average molecular weight is 566 g/mol. The molecule has 4 rings (SSSR count). The van der Waals surface area contributed by atoms with Gasteiger partial charge in [0.1, 0.15) is 16.4 Å². The molecule has 0 aliphatic carbocycles. The van der Waals surface area contributed by atoms with E-state index in [4.69, 9.17) is 9.47 Å². The fraction of sp³-hybridized carbons (Fsp3) is 0.107. The number of fused-ring (bicyclic) bond motifs is 1. The summed E-state index contributed by atoms with van der Waals surface area (Å²) in [6, 6.07) is 24.6. The van der Waals surface area contributed by atoms with Gasteiger partial charge in [-0.25, -0.2) is 13.1 Å². The molecule has 184 valence electrons. The van der Waals surface area contributed by atoms with Gasteiger partial charge in [0, 0.05) is 10.5 Å². The predicted molar refractivity (Wildman–Crippen MR) is 145 cm³/mol. The van der Waals surface area contributed by atoms with Crippen LogP contribution in [0.25, 0.3) is 16.8 Å². The van der Waals surface area contributed by atoms with E-state index in [1.807, 2.05) is 30.3 Å². The van der Waals surface area contributed by atoms with Crippen molar-refractivity contribution in [2.45, 2.75) is 11.3 Å². The number of carbonyl (C=O) groups excluding carboxylic acids is 1. The van der Waals surface area contributed by atoms with Gasteiger partial charge < -0.3 is 9.47 Å². The van der Waals surface area contributed by atoms with Crippen LogP contribution in [0.1, 0.15) is 16.7 Å². The molecule has 0 radical (unpaired) electrons. The monoisotopic (exact) mass is 565 g/mol. The SMILES string of the molecule is COc1ccc(Cc2ccc3ccccc3c2)c(C=CC(=O)NS(=O)(=O)c2cc(Br)ccc2OC)c1. The molecule has 0 unspecified atom stereocenters. The average Bonchev–Trinajstić information content (AvgIpc) is 2.87. The van der Waals surface area contributed by atoms with E-state index in [-0.39, 0.29) is 10.6 Å². The summed E-state index contributed by atoms with van der Waals surface area (Å²) in [6.45, 7) is 0. The van der Waals surface area contributed by atoms with Crippen molar-refractivity contribution >= 4 is 48.7 Å². The highest BCUT2D eigenvalue weighted by Crippen LogP contribution is 2.27. The summed E-state index contributed by atoms with van der Waals surface area (Å²) < 4.78 is 38.7. The Morgan fingerprint density at radius 2 is 1.69 bits per heavy atom. The summed E-state index contributed by atoms with van der Waals surface area (Å²) in [4.78, 5) is 12.5. The van der Waals surface area contributed by atoms with Crippen molar-refractivity contribution in [1.29, 1.82) is 0 Å². The van der Waals surface area contributed by atoms with Crippen molar-refractivity contribution in [2.24, 2.45) is 0 Å². The van der Waals surface area contributed by atoms with E-state index in [9.17, 15) is 13.2 Å². The standard InChI is InChI=1S/C28H24BrNO5S/c1-34-25-12-9-22(16-19-7-8-20-5-3-4-6-21(20)15-19)23(17-25)10-14-28(31)30-36(32,33)27-18-24(29)11-13-26(27)35-2/h3-15,17-18H,16H2,1-2H3,(H,30,31). The first kappa shape index (κ1) is 25.5. The molecule has 0 aliphatic rings. The van der Waals surface area contributed by atoms with Crippen LogP contribution in [-0.4, -0.2) is 28.5 Å². The molecule has 6 nitrogen and oxygen atoms in total. The van der Waals surface area contributed by atoms with E-state index < -0.39 is 15.9 Å². The summed E-state index contributed by atoms with van der Waals surface area (Å²) in [5.41, 5.74) is 2.82. The fourth-order valence-electron chi connectivity index (χ4n) is 3.83. The van der Waals surface area contributed by atoms with Gasteiger partial charge in [0.05, 0.1) is 14.2 Å². The van der Waals surface area contributed by atoms with Gasteiger partial charge in [0.15, 0.2) is 0 Å². The normalized spacial score (nSPS) is 11.5. The second-order valence-electron chi connectivity index (χ2n) is 8.02. The summed E-state index contributed by atoms with van der Waals surface area (Å²) in [5.74, 6) is -0.0201. The minimum Gasteiger partial charge on any atom is -0.497 e. The topological polar surface area (TPSA) is 81.7 Å². The number of amides is 1. The number of hydrogen-bond donors (Lipinski definition) is 1. The highest BCUT2D eigenvalue weighted by Gasteiger charge is 2.21. The number of methoxy groups -OCH3 is 2. The molecule has 4 aromatic rings. The minimum absolute atomic E-state index is 0.132. The van der Waals surface area contributed by atoms with Crippen LogP contribution in [-0.2, 0) is 21.2 Å². The Bertz CT molecular complexity index is 1560. The first-order chi connectivity index (χ1) is 17.3. The van der Waals surface area contributed by atoms with Crippen molar-refractivity contribution in [2.75, 3.05) is 14.2 Å². The van der Waals surface area contributed by atoms with Crippen LogP contribution in [0.5, 0.6) is 11.5 Å². The quantitative estimate of drug-likeness (QED) is 0.276. The van der Waals surface area contributed by atoms with Crippen LogP contribution in [0, 0.1) is 0 Å². The third-order valence-corrected chi connectivity index (χ3v) is 7.49. The summed E-state index contributed by atoms with van der Waals surface area (Å²) in [6.07, 6.45) is 3.41. The predicted octanol–water partition coefficient (Wildman–Crippen LogP) is 5.73. The number of carbonyl (C=O) groups is 1. The second kappa shape index (κ2) is 11.0. The van der Waals surface area contributed by atoms with Gasteiger partial charge in [0.25, 0.3) is 15.9 Å². The van der Waals surface area contributed by atoms with Crippen molar-refractivity contribution in [3.63, 3.8) is 0 Å². The van der Waals surface area contributed by atoms with Crippen LogP contribution in [0.15, 0.2) is 94.3 Å². The van der Waals surface area contributed by atoms with Gasteiger partial charge in [-0.2, -0.15) is 0 Å². The van der Waals surface area contributed by atoms with E-state index in [2.05, 4.69) is 51.0 Å². The third kappa shape index (κ3) is 5.95. The van der Waals surface area contributed by atoms with Gasteiger partial charge in [-0.1, -0.05) is 64.5 Å². The van der Waals surface area contributed by atoms with Crippen LogP contribution in [0.2, 0.25) is 0 Å². The molecule has 8 heteroatoms. The molecule has 0 bridgehead atoms. The second-order valence-corrected chi connectivity index (χ2v) is 10.6. The number of rotatable bonds is 8. The number of nitrogens with one attached hydrogen (secondary N) is 1. The lowest BCUT2D eigenvalue weighted by atomic mass is 9.97. The Morgan fingerprint density at radius 1 is 0.917 bits per heavy atom. The van der Waals surface area contributed by atoms with Gasteiger partial charge in [0.2, 0.25) is 0 Å². The number of ether oxygens (including phenoxy) is 2. The third-order valence-electron chi connectivity index (χ3n) is 5.63. The minimum atomic E-state index is -4.15. The maximum absolute atomic E-state index is 12.8. The molecule has 1 N–H and O–H groups in total. The van der Waals surface area contributed by atoms with Crippen molar-refractivity contribution in [3.05, 3.63) is 106 Å². The molecule has 0 atom stereocenters. The Morgan fingerprint density at radius 3 is 2.44 bits per heavy atom. The van der Waals surface area contributed by atoms with Crippen LogP contribution in [0.4, 0.5) is 0 Å². The van der Waals surface area contributed by atoms with E-state index in [0.717, 1.165) is 27.5 Å². The number of hydrogen-bond acceptors (Lipinski definition) is 5. The molecule has 4 aromatic carbocycles. The number of benzene rings is 4. The molecule has 36 heavy (non-hydrogen) atoms. The maximum atomic E-state index is 12.8. The highest BCUT2D eigenvalue weighted by atomic mass is 79.9. The van der Waals surface area contributed by atoms with Crippen molar-refractivity contribution < 1.29 is 22.7 Å². The molecule has 0 fully saturated rings. The summed E-state index contributed by atoms with van der Waals surface area (Å²) in [7, 11) is -1.22. The first-order valence-corrected chi connectivity index (χ1v) is 13.3. The molecule has 1 amide bonds. The van der Waals surface area contributed by atoms with Crippen LogP contribution in [0.3, 0.4) is 0 Å². The highest BCUT2D eigenvalue weighted by molar-refractivity contribution is 9.10. The molecule has 0 heterocycles. The maximum Gasteiger partial charge on any atom is 0.268 e. The van der Waals surface area contributed by atoms with Crippen molar-refractivity contribution in [3.8, 4) is 11.5 Å². The molecule has 0 saturated carbocycles. The van der Waals surface area contributed by atoms with Gasteiger partial charge in [-0.05, 0) is 70.3 Å². The lowest BCUT2D eigenvalue weighted by Crippen LogP contribution is -2.29. The number of sulfonamides is 1. The molecule has 0 spiro atoms. The lowest BCUT2D eigenvalue weighted by Gasteiger charge is -2.11. The Balaban J connectivity index is 1.58. The van der Waals surface area contributed by atoms with E-state index in [1.165, 1.54) is 25.3 Å². The van der Waals surface area contributed by atoms with E-state index >= 15 is 0 Å². The zero-order chi connectivity index (χ0) is 25.7. The fourth-order valence-corrected chi connectivity index (χ4v) is 5.49. The van der Waals surface area contributed by atoms with Crippen LogP contribution >= 0.6 is 15.9 Å². The van der Waals surface area contributed by atoms with Crippen LogP contribution < -0.4 is 14.2 Å². The van der Waals surface area contributed by atoms with Gasteiger partial charge in [-0.15, -0.1) is 0 Å². The Hall–Kier alpha value is -3.62. The van der Waals surface area contributed by atoms with Gasteiger partial charge in [-0.3, -0.25) is 4.79 Å². The molecular formula is C28H24BrNO5S. The smallest absolute Gasteiger partial charge is 0.268 e. The Labute approximate surface area is 218 Å². The molecule has 0 aliphatic heterocycles. The zero-order valence-electron chi connectivity index (χ0n) is 19.7. The zero-order valence-corrected chi connectivity index (χ0v) is 22.1. The van der Waals surface area contributed by atoms with Gasteiger partial charge >= 0.3 is 0 Å². The lowest BCUT2D eigenvalue weighted by molar-refractivity contribution is -0.114. The number of halogens is 1. The van der Waals surface area contributed by atoms with E-state index in [0.29, 0.717) is 16.6 Å². The first-order valence-electron chi connectivity index (χ1n) is 11.0. The summed E-state index contributed by atoms with van der Waals surface area (Å²) >= 11 is 3.25. The summed E-state index contributed by atoms with van der Waals surface area (Å²) in [5, 5.41) is 2.31. The molecule has 0 saturated heterocycles. The van der Waals surface area contributed by atoms with E-state index in [1.54, 1.807) is 19.3 Å². The molecular weight excluding hydrogens is 542 g/mol. The van der Waals surface area contributed by atoms with Crippen molar-refractivity contribution in [1.82, 2.24) is 4.72 Å². The molecule has 0 aromatic heterocycles. The Kier molecular flexibility index (Phi) is 7.76.